The molecule has 6 nitrogen and oxygen atoms in total. The first kappa shape index (κ1) is 22.5. The molecule has 0 saturated heterocycles. The number of para-hydroxylation sites is 2. The van der Waals surface area contributed by atoms with Gasteiger partial charge in [0, 0.05) is 35.1 Å². The standard InChI is InChI=1S/C27H25N2O4.BrH/c1-31-20-8-6-18(7-9-20)25(30)16-29-17-28(23-4-2-3-5-24(23)29)15-22-21-11-13-32-26(21)14-19-10-12-33-27(19)22;/h2-9,14,17H,10-13,15-16H2,1H3;1H/q+1;/p-1. The molecule has 0 spiro atoms. The van der Waals surface area contributed by atoms with E-state index >= 15 is 0 Å². The first-order valence-electron chi connectivity index (χ1n) is 11.3. The molecule has 0 fully saturated rings. The van der Waals surface area contributed by atoms with E-state index in [0.29, 0.717) is 25.3 Å². The monoisotopic (exact) mass is 520 g/mol. The lowest BCUT2D eigenvalue weighted by molar-refractivity contribution is -0.663. The van der Waals surface area contributed by atoms with Crippen molar-refractivity contribution in [3.63, 3.8) is 0 Å². The van der Waals surface area contributed by atoms with Gasteiger partial charge in [0.1, 0.15) is 23.8 Å². The molecule has 0 aliphatic carbocycles. The molecule has 34 heavy (non-hydrogen) atoms. The molecule has 7 heteroatoms. The van der Waals surface area contributed by atoms with Gasteiger partial charge in [0.05, 0.1) is 20.3 Å². The summed E-state index contributed by atoms with van der Waals surface area (Å²) in [5, 5.41) is 0. The van der Waals surface area contributed by atoms with Gasteiger partial charge >= 0.3 is 0 Å². The smallest absolute Gasteiger partial charge is 0.245 e. The number of carbonyl (C=O) groups excluding carboxylic acids is 1. The zero-order valence-corrected chi connectivity index (χ0v) is 20.5. The Kier molecular flexibility index (Phi) is 6.04. The number of nitrogens with zero attached hydrogens (tertiary/aromatic N) is 2. The second-order valence-electron chi connectivity index (χ2n) is 8.53. The Morgan fingerprint density at radius 3 is 2.68 bits per heavy atom. The number of Topliss-reactive ketones (excluding diaryl/α,β-unsaturated/α-hetero) is 1. The molecule has 4 aromatic rings. The molecule has 0 bridgehead atoms. The number of halogens is 1. The summed E-state index contributed by atoms with van der Waals surface area (Å²) in [5.74, 6) is 2.81. The Bertz CT molecular complexity index is 1350. The average molecular weight is 521 g/mol. The number of ketones is 1. The van der Waals surface area contributed by atoms with Crippen LogP contribution in [0.3, 0.4) is 0 Å². The fourth-order valence-electron chi connectivity index (χ4n) is 4.94. The van der Waals surface area contributed by atoms with E-state index < -0.39 is 0 Å². The molecule has 3 heterocycles. The number of benzene rings is 3. The van der Waals surface area contributed by atoms with Gasteiger partial charge in [-0.2, -0.15) is 0 Å². The Hall–Kier alpha value is -3.32. The predicted octanol–water partition coefficient (Wildman–Crippen LogP) is 0.742. The number of fused-ring (bicyclic) bond motifs is 3. The van der Waals surface area contributed by atoms with Crippen LogP contribution in [0.4, 0.5) is 0 Å². The summed E-state index contributed by atoms with van der Waals surface area (Å²) in [6.07, 6.45) is 3.86. The van der Waals surface area contributed by atoms with Crippen LogP contribution >= 0.6 is 0 Å². The third-order valence-electron chi connectivity index (χ3n) is 6.59. The summed E-state index contributed by atoms with van der Waals surface area (Å²) in [4.78, 5) is 13.0. The summed E-state index contributed by atoms with van der Waals surface area (Å²) < 4.78 is 21.4. The first-order valence-corrected chi connectivity index (χ1v) is 11.3. The van der Waals surface area contributed by atoms with Gasteiger partial charge in [-0.15, -0.1) is 0 Å². The number of ether oxygens (including phenoxy) is 3. The van der Waals surface area contributed by atoms with Crippen molar-refractivity contribution >= 4 is 16.8 Å². The second-order valence-corrected chi connectivity index (χ2v) is 8.53. The molecule has 0 N–H and O–H groups in total. The number of imidazole rings is 1. The zero-order chi connectivity index (χ0) is 22.4. The molecule has 0 saturated carbocycles. The van der Waals surface area contributed by atoms with Gasteiger partial charge in [-0.05, 0) is 42.5 Å². The van der Waals surface area contributed by atoms with Gasteiger partial charge in [-0.25, -0.2) is 9.13 Å². The fourth-order valence-corrected chi connectivity index (χ4v) is 4.94. The van der Waals surface area contributed by atoms with E-state index in [9.17, 15) is 4.79 Å². The Morgan fingerprint density at radius 2 is 1.85 bits per heavy atom. The van der Waals surface area contributed by atoms with Crippen LogP contribution in [0, 0.1) is 0 Å². The SMILES string of the molecule is COc1ccc(C(=O)Cn2c[n+](Cc3c4c(cc5c3OCC5)OCC4)c3ccccc32)cc1.[Br-]. The lowest BCUT2D eigenvalue weighted by Gasteiger charge is -2.11. The number of hydrogen-bond acceptors (Lipinski definition) is 4. The van der Waals surface area contributed by atoms with E-state index in [2.05, 4.69) is 22.8 Å². The third-order valence-corrected chi connectivity index (χ3v) is 6.59. The van der Waals surface area contributed by atoms with Crippen molar-refractivity contribution in [3.05, 3.63) is 83.2 Å². The minimum atomic E-state index is 0. The van der Waals surface area contributed by atoms with Crippen LogP contribution in [-0.4, -0.2) is 30.7 Å². The van der Waals surface area contributed by atoms with E-state index in [1.54, 1.807) is 7.11 Å². The lowest BCUT2D eigenvalue weighted by Crippen LogP contribution is -3.00. The van der Waals surface area contributed by atoms with Gasteiger partial charge in [-0.1, -0.05) is 12.1 Å². The van der Waals surface area contributed by atoms with Crippen LogP contribution in [0.15, 0.2) is 60.9 Å². The molecule has 1 aromatic heterocycles. The molecule has 6 rings (SSSR count). The molecule has 2 aliphatic heterocycles. The number of hydrogen-bond donors (Lipinski definition) is 0. The molecule has 0 unspecified atom stereocenters. The molecular weight excluding hydrogens is 496 g/mol. The van der Waals surface area contributed by atoms with Crippen LogP contribution in [-0.2, 0) is 25.9 Å². The molecule has 3 aromatic carbocycles. The maximum absolute atomic E-state index is 13.0. The zero-order valence-electron chi connectivity index (χ0n) is 18.9. The molecular formula is C27H25BrN2O4. The van der Waals surface area contributed by atoms with Crippen LogP contribution < -0.4 is 35.8 Å². The van der Waals surface area contributed by atoms with Gasteiger partial charge in [0.2, 0.25) is 12.1 Å². The van der Waals surface area contributed by atoms with Crippen LogP contribution in [0.2, 0.25) is 0 Å². The average Bonchev–Trinajstić information content (AvgIpc) is 3.58. The van der Waals surface area contributed by atoms with Gasteiger partial charge < -0.3 is 31.2 Å². The van der Waals surface area contributed by atoms with Crippen molar-refractivity contribution in [3.8, 4) is 17.2 Å². The van der Waals surface area contributed by atoms with E-state index in [4.69, 9.17) is 14.2 Å². The minimum Gasteiger partial charge on any atom is -1.00 e. The highest BCUT2D eigenvalue weighted by molar-refractivity contribution is 5.96. The van der Waals surface area contributed by atoms with Crippen molar-refractivity contribution in [2.45, 2.75) is 25.9 Å². The number of aromatic nitrogens is 2. The Morgan fingerprint density at radius 1 is 1.06 bits per heavy atom. The molecule has 174 valence electrons. The Labute approximate surface area is 208 Å². The molecule has 0 amide bonds. The number of carbonyl (C=O) groups is 1. The van der Waals surface area contributed by atoms with Crippen molar-refractivity contribution in [1.82, 2.24) is 4.57 Å². The fraction of sp³-hybridized carbons (Fsp3) is 0.259. The van der Waals surface area contributed by atoms with E-state index in [-0.39, 0.29) is 29.3 Å². The van der Waals surface area contributed by atoms with Crippen molar-refractivity contribution in [2.24, 2.45) is 0 Å². The largest absolute Gasteiger partial charge is 1.00 e. The number of rotatable bonds is 6. The van der Waals surface area contributed by atoms with Gasteiger partial charge in [0.15, 0.2) is 17.6 Å². The highest BCUT2D eigenvalue weighted by Crippen LogP contribution is 2.40. The highest BCUT2D eigenvalue weighted by atomic mass is 79.9. The summed E-state index contributed by atoms with van der Waals surface area (Å²) >= 11 is 0. The van der Waals surface area contributed by atoms with E-state index in [0.717, 1.165) is 41.1 Å². The quantitative estimate of drug-likeness (QED) is 0.278. The third kappa shape index (κ3) is 3.84. The maximum atomic E-state index is 13.0. The lowest BCUT2D eigenvalue weighted by atomic mass is 9.99. The normalized spacial score (nSPS) is 13.6. The van der Waals surface area contributed by atoms with Crippen LogP contribution in [0.25, 0.3) is 11.0 Å². The highest BCUT2D eigenvalue weighted by Gasteiger charge is 2.29. The Balaban J connectivity index is 0.00000241. The van der Waals surface area contributed by atoms with Crippen LogP contribution in [0.5, 0.6) is 17.2 Å². The number of methoxy groups -OCH3 is 1. The van der Waals surface area contributed by atoms with Gasteiger partial charge in [-0.3, -0.25) is 4.79 Å². The second kappa shape index (κ2) is 9.14. The molecule has 0 radical (unpaired) electrons. The summed E-state index contributed by atoms with van der Waals surface area (Å²) in [6, 6.07) is 17.6. The predicted molar refractivity (Wildman–Crippen MR) is 123 cm³/mol. The molecule has 2 aliphatic rings. The summed E-state index contributed by atoms with van der Waals surface area (Å²) in [5.41, 5.74) is 6.46. The maximum Gasteiger partial charge on any atom is 0.245 e. The minimum absolute atomic E-state index is 0. The first-order chi connectivity index (χ1) is 16.2. The summed E-state index contributed by atoms with van der Waals surface area (Å²) in [7, 11) is 1.62. The van der Waals surface area contributed by atoms with Crippen LogP contribution in [0.1, 0.15) is 27.0 Å². The topological polar surface area (TPSA) is 53.6 Å². The summed E-state index contributed by atoms with van der Waals surface area (Å²) in [6.45, 7) is 2.38. The molecule has 0 atom stereocenters. The van der Waals surface area contributed by atoms with E-state index in [1.807, 2.05) is 47.3 Å². The van der Waals surface area contributed by atoms with Crippen molar-refractivity contribution in [1.29, 1.82) is 0 Å². The van der Waals surface area contributed by atoms with E-state index in [1.165, 1.54) is 16.7 Å². The van der Waals surface area contributed by atoms with Crippen molar-refractivity contribution in [2.75, 3.05) is 20.3 Å². The van der Waals surface area contributed by atoms with Gasteiger partial charge in [0.25, 0.3) is 0 Å². The van der Waals surface area contributed by atoms with Crippen molar-refractivity contribution < 1.29 is 40.6 Å².